The van der Waals surface area contributed by atoms with E-state index in [1.807, 2.05) is 0 Å². The van der Waals surface area contributed by atoms with Gasteiger partial charge in [-0.2, -0.15) is 5.10 Å². The number of carbonyl (C=O) groups is 1. The molecule has 1 aromatic heterocycles. The average molecular weight is 449 g/mol. The van der Waals surface area contributed by atoms with E-state index in [0.717, 1.165) is 24.3 Å². The van der Waals surface area contributed by atoms with Crippen molar-refractivity contribution in [2.45, 2.75) is 20.0 Å². The lowest BCUT2D eigenvalue weighted by molar-refractivity contribution is -0.142. The number of aromatic nitrogens is 1. The van der Waals surface area contributed by atoms with Crippen molar-refractivity contribution in [1.29, 1.82) is 0 Å². The molecule has 1 N–H and O–H groups in total. The Labute approximate surface area is 180 Å². The van der Waals surface area contributed by atoms with Crippen molar-refractivity contribution in [2.24, 2.45) is 5.10 Å². The first-order valence-corrected chi connectivity index (χ1v) is 10.1. The summed E-state index contributed by atoms with van der Waals surface area (Å²) in [6.45, 7) is 1.74. The molecule has 10 heteroatoms. The van der Waals surface area contributed by atoms with Gasteiger partial charge in [0.1, 0.15) is 29.8 Å². The molecule has 0 aliphatic carbocycles. The Bertz CT molecular complexity index is 1090. The number of anilines is 1. The van der Waals surface area contributed by atoms with Crippen LogP contribution in [0.1, 0.15) is 23.7 Å². The van der Waals surface area contributed by atoms with Crippen LogP contribution in [-0.2, 0) is 22.6 Å². The average Bonchev–Trinajstić information content (AvgIpc) is 3.17. The van der Waals surface area contributed by atoms with Crippen LogP contribution in [0.2, 0.25) is 0 Å². The maximum atomic E-state index is 13.8. The Morgan fingerprint density at radius 2 is 1.97 bits per heavy atom. The van der Waals surface area contributed by atoms with E-state index in [0.29, 0.717) is 23.0 Å². The molecule has 0 amide bonds. The van der Waals surface area contributed by atoms with Crippen LogP contribution in [0, 0.1) is 17.5 Å². The normalized spacial score (nSPS) is 11.0. The maximum absolute atomic E-state index is 13.8. The quantitative estimate of drug-likeness (QED) is 0.292. The molecule has 31 heavy (non-hydrogen) atoms. The fourth-order valence-corrected chi connectivity index (χ4v) is 3.16. The largest absolute Gasteiger partial charge is 0.488 e. The molecule has 1 heterocycles. The minimum Gasteiger partial charge on any atom is -0.488 e. The maximum Gasteiger partial charge on any atom is 0.311 e. The molecule has 0 aliphatic rings. The summed E-state index contributed by atoms with van der Waals surface area (Å²) in [5, 5.41) is 6.19. The molecule has 3 aromatic rings. The standard InChI is InChI=1S/C21H18F3N3O3S/c1-2-29-20(28)9-17-12-31-21(26-17)27-25-10-13-3-4-16(23)8-19(13)30-11-14-7-15(22)5-6-18(14)24/h3-8,10,12H,2,9,11H2,1H3,(H,26,27). The number of esters is 1. The van der Waals surface area contributed by atoms with Gasteiger partial charge in [0.2, 0.25) is 5.13 Å². The lowest BCUT2D eigenvalue weighted by Crippen LogP contribution is -2.07. The van der Waals surface area contributed by atoms with E-state index in [9.17, 15) is 18.0 Å². The molecule has 0 unspecified atom stereocenters. The number of thiazole rings is 1. The number of carbonyl (C=O) groups excluding carboxylic acids is 1. The zero-order chi connectivity index (χ0) is 22.2. The number of benzene rings is 2. The van der Waals surface area contributed by atoms with E-state index in [4.69, 9.17) is 9.47 Å². The van der Waals surface area contributed by atoms with Crippen LogP contribution in [0.4, 0.5) is 18.3 Å². The Balaban J connectivity index is 1.65. The summed E-state index contributed by atoms with van der Waals surface area (Å²) in [6, 6.07) is 6.79. The van der Waals surface area contributed by atoms with Crippen LogP contribution in [0.15, 0.2) is 46.9 Å². The second-order valence-corrected chi connectivity index (χ2v) is 7.06. The first-order chi connectivity index (χ1) is 14.9. The van der Waals surface area contributed by atoms with E-state index >= 15 is 0 Å². The summed E-state index contributed by atoms with van der Waals surface area (Å²) in [7, 11) is 0. The minimum absolute atomic E-state index is 0.00203. The molecule has 3 rings (SSSR count). The van der Waals surface area contributed by atoms with Gasteiger partial charge in [0, 0.05) is 22.6 Å². The lowest BCUT2D eigenvalue weighted by Gasteiger charge is -2.10. The van der Waals surface area contributed by atoms with Gasteiger partial charge in [0.25, 0.3) is 0 Å². The molecule has 0 saturated carbocycles. The second-order valence-electron chi connectivity index (χ2n) is 6.20. The van der Waals surface area contributed by atoms with E-state index in [-0.39, 0.29) is 30.3 Å². The van der Waals surface area contributed by atoms with Crippen molar-refractivity contribution in [3.63, 3.8) is 0 Å². The Morgan fingerprint density at radius 3 is 2.77 bits per heavy atom. The van der Waals surface area contributed by atoms with Gasteiger partial charge in [-0.15, -0.1) is 11.3 Å². The Morgan fingerprint density at radius 1 is 1.19 bits per heavy atom. The van der Waals surface area contributed by atoms with Gasteiger partial charge in [0.15, 0.2) is 0 Å². The van der Waals surface area contributed by atoms with E-state index < -0.39 is 17.5 Å². The van der Waals surface area contributed by atoms with Crippen LogP contribution in [0.5, 0.6) is 5.75 Å². The zero-order valence-electron chi connectivity index (χ0n) is 16.4. The summed E-state index contributed by atoms with van der Waals surface area (Å²) in [4.78, 5) is 15.7. The Kier molecular flexibility index (Phi) is 7.60. The summed E-state index contributed by atoms with van der Waals surface area (Å²) in [5.41, 5.74) is 3.68. The SMILES string of the molecule is CCOC(=O)Cc1csc(NN=Cc2ccc(F)cc2OCc2cc(F)ccc2F)n1. The molecular weight excluding hydrogens is 431 g/mol. The smallest absolute Gasteiger partial charge is 0.311 e. The van der Waals surface area contributed by atoms with Crippen molar-refractivity contribution < 1.29 is 27.4 Å². The number of hydrazone groups is 1. The number of hydrogen-bond donors (Lipinski definition) is 1. The van der Waals surface area contributed by atoms with Crippen LogP contribution in [-0.4, -0.2) is 23.8 Å². The molecule has 0 spiro atoms. The van der Waals surface area contributed by atoms with Crippen LogP contribution < -0.4 is 10.2 Å². The number of rotatable bonds is 9. The third-order valence-corrected chi connectivity index (χ3v) is 4.71. The number of hydrogen-bond acceptors (Lipinski definition) is 7. The van der Waals surface area contributed by atoms with Crippen LogP contribution in [0.3, 0.4) is 0 Å². The third kappa shape index (κ3) is 6.54. The molecule has 0 fully saturated rings. The Hall–Kier alpha value is -3.40. The van der Waals surface area contributed by atoms with Gasteiger partial charge >= 0.3 is 5.97 Å². The number of nitrogens with one attached hydrogen (secondary N) is 1. The third-order valence-electron chi connectivity index (χ3n) is 3.91. The highest BCUT2D eigenvalue weighted by atomic mass is 32.1. The monoisotopic (exact) mass is 449 g/mol. The second kappa shape index (κ2) is 10.6. The molecular formula is C21H18F3N3O3S. The molecule has 6 nitrogen and oxygen atoms in total. The first-order valence-electron chi connectivity index (χ1n) is 9.20. The number of nitrogens with zero attached hydrogens (tertiary/aromatic N) is 2. The topological polar surface area (TPSA) is 72.8 Å². The molecule has 162 valence electrons. The van der Waals surface area contributed by atoms with Gasteiger partial charge in [-0.05, 0) is 37.3 Å². The predicted molar refractivity (Wildman–Crippen MR) is 111 cm³/mol. The van der Waals surface area contributed by atoms with Crippen molar-refractivity contribution in [1.82, 2.24) is 4.98 Å². The first kappa shape index (κ1) is 22.3. The van der Waals surface area contributed by atoms with Crippen molar-refractivity contribution in [2.75, 3.05) is 12.0 Å². The number of halogens is 3. The van der Waals surface area contributed by atoms with Gasteiger partial charge < -0.3 is 9.47 Å². The van der Waals surface area contributed by atoms with Crippen LogP contribution in [0.25, 0.3) is 0 Å². The van der Waals surface area contributed by atoms with Gasteiger partial charge in [-0.25, -0.2) is 18.2 Å². The lowest BCUT2D eigenvalue weighted by atomic mass is 10.2. The highest BCUT2D eigenvalue weighted by molar-refractivity contribution is 7.13. The van der Waals surface area contributed by atoms with Crippen molar-refractivity contribution in [3.8, 4) is 5.75 Å². The predicted octanol–water partition coefficient (Wildman–Crippen LogP) is 4.69. The van der Waals surface area contributed by atoms with Crippen LogP contribution >= 0.6 is 11.3 Å². The van der Waals surface area contributed by atoms with Gasteiger partial charge in [0.05, 0.1) is 24.9 Å². The van der Waals surface area contributed by atoms with E-state index in [1.54, 1.807) is 12.3 Å². The van der Waals surface area contributed by atoms with Gasteiger partial charge in [-0.3, -0.25) is 10.2 Å². The summed E-state index contributed by atoms with van der Waals surface area (Å²) in [5.74, 6) is -2.04. The molecule has 2 aromatic carbocycles. The van der Waals surface area contributed by atoms with Crippen molar-refractivity contribution in [3.05, 3.63) is 76.1 Å². The highest BCUT2D eigenvalue weighted by Gasteiger charge is 2.10. The molecule has 0 saturated heterocycles. The van der Waals surface area contributed by atoms with E-state index in [1.165, 1.54) is 29.7 Å². The molecule has 0 radical (unpaired) electrons. The number of ether oxygens (including phenoxy) is 2. The summed E-state index contributed by atoms with van der Waals surface area (Å²) < 4.78 is 51.1. The summed E-state index contributed by atoms with van der Waals surface area (Å²) in [6.07, 6.45) is 1.44. The fourth-order valence-electron chi connectivity index (χ4n) is 2.51. The molecule has 0 atom stereocenters. The molecule has 0 aliphatic heterocycles. The fraction of sp³-hybridized carbons (Fsp3) is 0.190. The highest BCUT2D eigenvalue weighted by Crippen LogP contribution is 2.21. The van der Waals surface area contributed by atoms with Crippen molar-refractivity contribution >= 4 is 28.7 Å². The zero-order valence-corrected chi connectivity index (χ0v) is 17.2. The minimum atomic E-state index is -0.628. The van der Waals surface area contributed by atoms with E-state index in [2.05, 4.69) is 15.5 Å². The molecule has 0 bridgehead atoms. The van der Waals surface area contributed by atoms with Gasteiger partial charge in [-0.1, -0.05) is 0 Å². The summed E-state index contributed by atoms with van der Waals surface area (Å²) >= 11 is 1.25.